The second-order valence-corrected chi connectivity index (χ2v) is 7.51. The Morgan fingerprint density at radius 2 is 1.93 bits per heavy atom. The molecule has 2 fully saturated rings. The maximum Gasteiger partial charge on any atom is 0.490 e. The van der Waals surface area contributed by atoms with E-state index in [2.05, 4.69) is 18.3 Å². The molecule has 1 saturated heterocycles. The van der Waals surface area contributed by atoms with Crippen LogP contribution < -0.4 is 11.1 Å². The van der Waals surface area contributed by atoms with Gasteiger partial charge in [-0.2, -0.15) is 18.4 Å². The number of aliphatic carboxylic acids is 1. The highest BCUT2D eigenvalue weighted by Crippen LogP contribution is 2.41. The number of carbonyl (C=O) groups excluding carboxylic acids is 2. The van der Waals surface area contributed by atoms with Gasteiger partial charge in [0.05, 0.1) is 12.1 Å². The van der Waals surface area contributed by atoms with Gasteiger partial charge in [0.15, 0.2) is 0 Å². The number of nitrogens with one attached hydrogen (secondary N) is 1. The molecule has 0 aromatic heterocycles. The maximum atomic E-state index is 12.4. The number of amides is 2. The van der Waals surface area contributed by atoms with E-state index in [1.165, 1.54) is 12.8 Å². The third-order valence-corrected chi connectivity index (χ3v) is 5.18. The largest absolute Gasteiger partial charge is 0.490 e. The van der Waals surface area contributed by atoms with Gasteiger partial charge in [-0.1, -0.05) is 26.2 Å². The summed E-state index contributed by atoms with van der Waals surface area (Å²) in [6, 6.07) is 1.16. The standard InChI is InChI=1S/C17H28N4O2.C2HF3O2/c1-2-3-4-5-8-20-16(22)14-10-13(14)15(19)17(23)21-9-6-7-12(21)11-18;3-2(4,5)1(6)7/h12-15H,2-10,19H2,1H3,(H,20,22);(H,6,7)/t12-,13+,14-,15-;/m0./s1. The molecule has 170 valence electrons. The minimum Gasteiger partial charge on any atom is -0.475 e. The van der Waals surface area contributed by atoms with Gasteiger partial charge in [0, 0.05) is 19.0 Å². The van der Waals surface area contributed by atoms with Gasteiger partial charge >= 0.3 is 12.1 Å². The van der Waals surface area contributed by atoms with Crippen molar-refractivity contribution >= 4 is 17.8 Å². The summed E-state index contributed by atoms with van der Waals surface area (Å²) < 4.78 is 31.7. The van der Waals surface area contributed by atoms with Crippen LogP contribution in [0.25, 0.3) is 0 Å². The Bertz CT molecular complexity index is 651. The van der Waals surface area contributed by atoms with Crippen LogP contribution in [-0.4, -0.2) is 59.1 Å². The second-order valence-electron chi connectivity index (χ2n) is 7.51. The number of carboxylic acids is 1. The first-order chi connectivity index (χ1) is 14.0. The molecule has 30 heavy (non-hydrogen) atoms. The number of halogens is 3. The van der Waals surface area contributed by atoms with Gasteiger partial charge in [-0.15, -0.1) is 0 Å². The molecule has 11 heteroatoms. The van der Waals surface area contributed by atoms with Gasteiger partial charge in [-0.3, -0.25) is 9.59 Å². The first kappa shape index (κ1) is 25.7. The summed E-state index contributed by atoms with van der Waals surface area (Å²) in [5, 5.41) is 19.1. The van der Waals surface area contributed by atoms with Crippen LogP contribution in [0.4, 0.5) is 13.2 Å². The van der Waals surface area contributed by atoms with Gasteiger partial charge in [0.25, 0.3) is 0 Å². The molecule has 0 unspecified atom stereocenters. The first-order valence-corrected chi connectivity index (χ1v) is 10.1. The molecule has 1 heterocycles. The molecule has 0 radical (unpaired) electrons. The monoisotopic (exact) mass is 434 g/mol. The Labute approximate surface area is 173 Å². The van der Waals surface area contributed by atoms with Crippen LogP contribution in [-0.2, 0) is 14.4 Å². The minimum absolute atomic E-state index is 0.0213. The lowest BCUT2D eigenvalue weighted by atomic mass is 10.1. The van der Waals surface area contributed by atoms with E-state index in [9.17, 15) is 22.8 Å². The number of unbranched alkanes of at least 4 members (excludes halogenated alkanes) is 3. The van der Waals surface area contributed by atoms with Crippen LogP contribution in [0.5, 0.6) is 0 Å². The first-order valence-electron chi connectivity index (χ1n) is 10.1. The highest BCUT2D eigenvalue weighted by atomic mass is 19.4. The highest BCUT2D eigenvalue weighted by molar-refractivity contribution is 5.87. The van der Waals surface area contributed by atoms with Gasteiger partial charge < -0.3 is 21.1 Å². The molecule has 0 aromatic carbocycles. The summed E-state index contributed by atoms with van der Waals surface area (Å²) in [7, 11) is 0. The molecule has 1 saturated carbocycles. The molecule has 4 N–H and O–H groups in total. The van der Waals surface area contributed by atoms with Crippen LogP contribution in [0.15, 0.2) is 0 Å². The summed E-state index contributed by atoms with van der Waals surface area (Å²) in [6.07, 6.45) is 1.67. The number of nitrogens with zero attached hydrogens (tertiary/aromatic N) is 2. The predicted octanol–water partition coefficient (Wildman–Crippen LogP) is 1.79. The van der Waals surface area contributed by atoms with Crippen molar-refractivity contribution in [1.82, 2.24) is 10.2 Å². The van der Waals surface area contributed by atoms with Gasteiger partial charge in [0.1, 0.15) is 6.04 Å². The van der Waals surface area contributed by atoms with E-state index in [-0.39, 0.29) is 29.7 Å². The highest BCUT2D eigenvalue weighted by Gasteiger charge is 2.50. The fraction of sp³-hybridized carbons (Fsp3) is 0.789. The summed E-state index contributed by atoms with van der Waals surface area (Å²) >= 11 is 0. The molecule has 1 aliphatic carbocycles. The predicted molar refractivity (Wildman–Crippen MR) is 101 cm³/mol. The summed E-state index contributed by atoms with van der Waals surface area (Å²) in [5.74, 6) is -3.11. The Kier molecular flexibility index (Phi) is 10.0. The summed E-state index contributed by atoms with van der Waals surface area (Å²) in [4.78, 5) is 35.0. The van der Waals surface area contributed by atoms with Crippen LogP contribution in [0.1, 0.15) is 51.9 Å². The Morgan fingerprint density at radius 3 is 2.47 bits per heavy atom. The quantitative estimate of drug-likeness (QED) is 0.498. The Balaban J connectivity index is 0.000000553. The lowest BCUT2D eigenvalue weighted by molar-refractivity contribution is -0.192. The van der Waals surface area contributed by atoms with Crippen molar-refractivity contribution in [2.24, 2.45) is 17.6 Å². The number of likely N-dealkylation sites (tertiary alicyclic amines) is 1. The molecule has 0 bridgehead atoms. The Hall–Kier alpha value is -2.35. The molecule has 2 rings (SSSR count). The maximum absolute atomic E-state index is 12.4. The SMILES string of the molecule is CCCCCCNC(=O)[C@H]1C[C@H]1[C@H](N)C(=O)N1CCC[C@H]1C#N.O=C(O)C(F)(F)F. The molecule has 0 spiro atoms. The van der Waals surface area contributed by atoms with Crippen molar-refractivity contribution in [2.75, 3.05) is 13.1 Å². The number of hydrogen-bond acceptors (Lipinski definition) is 5. The number of rotatable bonds is 8. The van der Waals surface area contributed by atoms with E-state index in [1.807, 2.05) is 0 Å². The molecule has 8 nitrogen and oxygen atoms in total. The normalized spacial score (nSPS) is 23.6. The van der Waals surface area contributed by atoms with Crippen molar-refractivity contribution in [1.29, 1.82) is 5.26 Å². The zero-order chi connectivity index (χ0) is 22.9. The van der Waals surface area contributed by atoms with Crippen molar-refractivity contribution in [3.8, 4) is 6.07 Å². The smallest absolute Gasteiger partial charge is 0.475 e. The third-order valence-electron chi connectivity index (χ3n) is 5.18. The third kappa shape index (κ3) is 7.82. The van der Waals surface area contributed by atoms with Crippen molar-refractivity contribution in [3.63, 3.8) is 0 Å². The lowest BCUT2D eigenvalue weighted by Gasteiger charge is -2.23. The van der Waals surface area contributed by atoms with Crippen LogP contribution in [0, 0.1) is 23.2 Å². The fourth-order valence-corrected chi connectivity index (χ4v) is 3.35. The van der Waals surface area contributed by atoms with Crippen molar-refractivity contribution in [3.05, 3.63) is 0 Å². The molecule has 1 aliphatic heterocycles. The fourth-order valence-electron chi connectivity index (χ4n) is 3.35. The van der Waals surface area contributed by atoms with E-state index >= 15 is 0 Å². The van der Waals surface area contributed by atoms with E-state index < -0.39 is 18.2 Å². The Morgan fingerprint density at radius 1 is 1.30 bits per heavy atom. The number of alkyl halides is 3. The molecule has 4 atom stereocenters. The average molecular weight is 434 g/mol. The van der Waals surface area contributed by atoms with E-state index in [1.54, 1.807) is 4.90 Å². The van der Waals surface area contributed by atoms with Crippen LogP contribution >= 0.6 is 0 Å². The van der Waals surface area contributed by atoms with Crippen molar-refractivity contribution in [2.45, 2.75) is 70.1 Å². The molecular weight excluding hydrogens is 405 g/mol. The topological polar surface area (TPSA) is 137 Å². The van der Waals surface area contributed by atoms with E-state index in [0.717, 1.165) is 25.7 Å². The van der Waals surface area contributed by atoms with Gasteiger partial charge in [-0.05, 0) is 31.6 Å². The second kappa shape index (κ2) is 11.7. The van der Waals surface area contributed by atoms with E-state index in [0.29, 0.717) is 19.5 Å². The molecule has 2 amide bonds. The summed E-state index contributed by atoms with van der Waals surface area (Å²) in [5.41, 5.74) is 6.06. The van der Waals surface area contributed by atoms with Crippen LogP contribution in [0.3, 0.4) is 0 Å². The summed E-state index contributed by atoms with van der Waals surface area (Å²) in [6.45, 7) is 3.46. The lowest BCUT2D eigenvalue weighted by Crippen LogP contribution is -2.47. The zero-order valence-electron chi connectivity index (χ0n) is 17.0. The van der Waals surface area contributed by atoms with Gasteiger partial charge in [0.2, 0.25) is 11.8 Å². The number of nitriles is 1. The minimum atomic E-state index is -5.08. The number of carboxylic acid groups (broad SMARTS) is 1. The number of carbonyl (C=O) groups is 3. The van der Waals surface area contributed by atoms with Crippen molar-refractivity contribution < 1.29 is 32.7 Å². The molecular formula is C19H29F3N4O4. The molecule has 0 aromatic rings. The van der Waals surface area contributed by atoms with E-state index in [4.69, 9.17) is 20.9 Å². The average Bonchev–Trinajstić information content (AvgIpc) is 3.35. The number of hydrogen-bond donors (Lipinski definition) is 3. The number of nitrogens with two attached hydrogens (primary N) is 1. The molecule has 2 aliphatic rings. The zero-order valence-corrected chi connectivity index (χ0v) is 17.0. The van der Waals surface area contributed by atoms with Crippen LogP contribution in [0.2, 0.25) is 0 Å². The van der Waals surface area contributed by atoms with Gasteiger partial charge in [-0.25, -0.2) is 4.79 Å².